The average Bonchev–Trinajstić information content (AvgIpc) is 2.83. The minimum atomic E-state index is -0.0393. The predicted octanol–water partition coefficient (Wildman–Crippen LogP) is 4.38. The van der Waals surface area contributed by atoms with E-state index in [1.54, 1.807) is 12.1 Å². The van der Waals surface area contributed by atoms with Crippen LogP contribution in [0.15, 0.2) is 30.3 Å². The summed E-state index contributed by atoms with van der Waals surface area (Å²) in [5.74, 6) is -0.0393. The normalized spacial score (nSPS) is 10.6. The molecule has 0 atom stereocenters. The number of nitrogens with one attached hydrogen (secondary N) is 1. The Balaban J connectivity index is 1.77. The molecule has 0 bridgehead atoms. The molecule has 106 valence electrons. The largest absolute Gasteiger partial charge is 0.351 e. The van der Waals surface area contributed by atoms with Crippen LogP contribution in [0.2, 0.25) is 4.34 Å². The molecule has 1 aromatic carbocycles. The third-order valence-corrected chi connectivity index (χ3v) is 4.43. The molecule has 20 heavy (non-hydrogen) atoms. The first kappa shape index (κ1) is 15.1. The van der Waals surface area contributed by atoms with Crippen LogP contribution in [0.3, 0.4) is 0 Å². The van der Waals surface area contributed by atoms with Gasteiger partial charge in [0.2, 0.25) is 0 Å². The van der Waals surface area contributed by atoms with Crippen LogP contribution in [0.5, 0.6) is 0 Å². The fourth-order valence-electron chi connectivity index (χ4n) is 2.13. The quantitative estimate of drug-likeness (QED) is 0.816. The van der Waals surface area contributed by atoms with Crippen molar-refractivity contribution in [3.05, 3.63) is 56.2 Å². The molecule has 0 saturated heterocycles. The Kier molecular flexibility index (Phi) is 5.21. The number of carbonyl (C=O) groups excluding carboxylic acids is 1. The number of aryl methyl sites for hydroxylation is 3. The SMILES string of the molecule is Cc1ccc(CCCNC(=O)c2ccc(Cl)s2)c(C)c1. The summed E-state index contributed by atoms with van der Waals surface area (Å²) in [4.78, 5) is 12.5. The standard InChI is InChI=1S/C16H18ClNOS/c1-11-5-6-13(12(2)10-11)4-3-9-18-16(19)14-7-8-15(17)20-14/h5-8,10H,3-4,9H2,1-2H3,(H,18,19). The van der Waals surface area contributed by atoms with Crippen LogP contribution in [0, 0.1) is 13.8 Å². The van der Waals surface area contributed by atoms with Gasteiger partial charge in [0.1, 0.15) is 0 Å². The fourth-order valence-corrected chi connectivity index (χ4v) is 3.09. The lowest BCUT2D eigenvalue weighted by molar-refractivity contribution is 0.0957. The zero-order chi connectivity index (χ0) is 14.5. The van der Waals surface area contributed by atoms with Gasteiger partial charge in [-0.3, -0.25) is 4.79 Å². The lowest BCUT2D eigenvalue weighted by Gasteiger charge is -2.07. The summed E-state index contributed by atoms with van der Waals surface area (Å²) in [5, 5.41) is 2.93. The van der Waals surface area contributed by atoms with E-state index in [2.05, 4.69) is 37.4 Å². The first-order valence-corrected chi connectivity index (χ1v) is 7.85. The van der Waals surface area contributed by atoms with Gasteiger partial charge in [-0.25, -0.2) is 0 Å². The molecule has 4 heteroatoms. The summed E-state index contributed by atoms with van der Waals surface area (Å²) >= 11 is 7.12. The smallest absolute Gasteiger partial charge is 0.261 e. The summed E-state index contributed by atoms with van der Waals surface area (Å²) in [5.41, 5.74) is 3.96. The average molecular weight is 308 g/mol. The van der Waals surface area contributed by atoms with Crippen LogP contribution < -0.4 is 5.32 Å². The van der Waals surface area contributed by atoms with Crippen LogP contribution in [0.4, 0.5) is 0 Å². The van der Waals surface area contributed by atoms with Gasteiger partial charge in [0.05, 0.1) is 9.21 Å². The van der Waals surface area contributed by atoms with Crippen LogP contribution in [0.25, 0.3) is 0 Å². The molecule has 0 aliphatic heterocycles. The highest BCUT2D eigenvalue weighted by molar-refractivity contribution is 7.17. The summed E-state index contributed by atoms with van der Waals surface area (Å²) in [7, 11) is 0. The Bertz CT molecular complexity index is 606. The maximum absolute atomic E-state index is 11.8. The van der Waals surface area contributed by atoms with Crippen molar-refractivity contribution >= 4 is 28.8 Å². The maximum Gasteiger partial charge on any atom is 0.261 e. The van der Waals surface area contributed by atoms with E-state index in [-0.39, 0.29) is 5.91 Å². The van der Waals surface area contributed by atoms with E-state index >= 15 is 0 Å². The van der Waals surface area contributed by atoms with Crippen molar-refractivity contribution in [3.63, 3.8) is 0 Å². The summed E-state index contributed by atoms with van der Waals surface area (Å²) in [6.07, 6.45) is 1.92. The number of rotatable bonds is 5. The van der Waals surface area contributed by atoms with E-state index in [4.69, 9.17) is 11.6 Å². The van der Waals surface area contributed by atoms with Gasteiger partial charge in [0.25, 0.3) is 5.91 Å². The Labute approximate surface area is 128 Å². The van der Waals surface area contributed by atoms with Crippen molar-refractivity contribution in [1.29, 1.82) is 0 Å². The monoisotopic (exact) mass is 307 g/mol. The molecule has 0 spiro atoms. The lowest BCUT2D eigenvalue weighted by atomic mass is 10.0. The number of thiophene rings is 1. The second-order valence-electron chi connectivity index (χ2n) is 4.89. The highest BCUT2D eigenvalue weighted by Gasteiger charge is 2.07. The van der Waals surface area contributed by atoms with E-state index in [0.717, 1.165) is 12.8 Å². The second kappa shape index (κ2) is 6.91. The molecule has 2 aromatic rings. The van der Waals surface area contributed by atoms with E-state index in [1.165, 1.54) is 28.0 Å². The molecule has 2 nitrogen and oxygen atoms in total. The fraction of sp³-hybridized carbons (Fsp3) is 0.312. The van der Waals surface area contributed by atoms with Gasteiger partial charge in [-0.15, -0.1) is 11.3 Å². The molecule has 2 rings (SSSR count). The molecular formula is C16H18ClNOS. The van der Waals surface area contributed by atoms with Gasteiger partial charge in [0, 0.05) is 6.54 Å². The minimum absolute atomic E-state index is 0.0393. The van der Waals surface area contributed by atoms with Gasteiger partial charge < -0.3 is 5.32 Å². The van der Waals surface area contributed by atoms with Crippen LogP contribution in [-0.4, -0.2) is 12.5 Å². The van der Waals surface area contributed by atoms with Crippen molar-refractivity contribution < 1.29 is 4.79 Å². The number of hydrogen-bond donors (Lipinski definition) is 1. The van der Waals surface area contributed by atoms with Gasteiger partial charge in [-0.05, 0) is 49.9 Å². The van der Waals surface area contributed by atoms with E-state index < -0.39 is 0 Å². The van der Waals surface area contributed by atoms with E-state index in [9.17, 15) is 4.79 Å². The minimum Gasteiger partial charge on any atom is -0.351 e. The molecule has 0 fully saturated rings. The van der Waals surface area contributed by atoms with Crippen molar-refractivity contribution in [3.8, 4) is 0 Å². The molecule has 1 heterocycles. The van der Waals surface area contributed by atoms with Gasteiger partial charge in [-0.1, -0.05) is 35.4 Å². The number of hydrogen-bond acceptors (Lipinski definition) is 2. The zero-order valence-electron chi connectivity index (χ0n) is 11.7. The molecule has 0 saturated carbocycles. The first-order valence-electron chi connectivity index (χ1n) is 6.66. The van der Waals surface area contributed by atoms with Crippen LogP contribution in [0.1, 0.15) is 32.8 Å². The number of amides is 1. The molecular weight excluding hydrogens is 290 g/mol. The van der Waals surface area contributed by atoms with E-state index in [0.29, 0.717) is 15.8 Å². The van der Waals surface area contributed by atoms with Gasteiger partial charge in [-0.2, -0.15) is 0 Å². The molecule has 1 amide bonds. The maximum atomic E-state index is 11.8. The Morgan fingerprint density at radius 2 is 2.05 bits per heavy atom. The van der Waals surface area contributed by atoms with Crippen molar-refractivity contribution in [2.45, 2.75) is 26.7 Å². The highest BCUT2D eigenvalue weighted by Crippen LogP contribution is 2.21. The molecule has 1 N–H and O–H groups in total. The highest BCUT2D eigenvalue weighted by atomic mass is 35.5. The Morgan fingerprint density at radius 1 is 1.25 bits per heavy atom. The third-order valence-electron chi connectivity index (χ3n) is 3.20. The molecule has 1 aromatic heterocycles. The topological polar surface area (TPSA) is 29.1 Å². The number of carbonyl (C=O) groups is 1. The van der Waals surface area contributed by atoms with Gasteiger partial charge in [0.15, 0.2) is 0 Å². The number of benzene rings is 1. The van der Waals surface area contributed by atoms with Crippen LogP contribution in [-0.2, 0) is 6.42 Å². The predicted molar refractivity (Wildman–Crippen MR) is 85.9 cm³/mol. The second-order valence-corrected chi connectivity index (χ2v) is 6.61. The summed E-state index contributed by atoms with van der Waals surface area (Å²) < 4.78 is 0.644. The molecule has 0 aliphatic rings. The Hall–Kier alpha value is -1.32. The van der Waals surface area contributed by atoms with Gasteiger partial charge >= 0.3 is 0 Å². The molecule has 0 radical (unpaired) electrons. The molecule has 0 aliphatic carbocycles. The molecule has 0 unspecified atom stereocenters. The van der Waals surface area contributed by atoms with E-state index in [1.807, 2.05) is 0 Å². The van der Waals surface area contributed by atoms with Crippen molar-refractivity contribution in [2.24, 2.45) is 0 Å². The lowest BCUT2D eigenvalue weighted by Crippen LogP contribution is -2.23. The number of halogens is 1. The zero-order valence-corrected chi connectivity index (χ0v) is 13.3. The van der Waals surface area contributed by atoms with Crippen LogP contribution >= 0.6 is 22.9 Å². The summed E-state index contributed by atoms with van der Waals surface area (Å²) in [6, 6.07) is 10.0. The first-order chi connectivity index (χ1) is 9.56. The Morgan fingerprint density at radius 3 is 2.70 bits per heavy atom. The summed E-state index contributed by atoms with van der Waals surface area (Å²) in [6.45, 7) is 4.92. The third kappa shape index (κ3) is 4.09. The van der Waals surface area contributed by atoms with Crippen molar-refractivity contribution in [2.75, 3.05) is 6.54 Å². The van der Waals surface area contributed by atoms with Crippen molar-refractivity contribution in [1.82, 2.24) is 5.32 Å².